The summed E-state index contributed by atoms with van der Waals surface area (Å²) in [5.74, 6) is -0.140. The predicted octanol–water partition coefficient (Wildman–Crippen LogP) is 3.24. The minimum Gasteiger partial charge on any atom is -0.368 e. The molecule has 1 amide bonds. The number of nitrogens with one attached hydrogen (secondary N) is 1. The molecule has 0 saturated heterocycles. The van der Waals surface area contributed by atoms with Gasteiger partial charge in [-0.05, 0) is 37.1 Å². The van der Waals surface area contributed by atoms with E-state index in [4.69, 9.17) is 10.00 Å². The van der Waals surface area contributed by atoms with Gasteiger partial charge in [0.15, 0.2) is 0 Å². The fraction of sp³-hybridized carbons (Fsp3) is 0.500. The van der Waals surface area contributed by atoms with Gasteiger partial charge in [-0.25, -0.2) is 0 Å². The molecule has 0 unspecified atom stereocenters. The Morgan fingerprint density at radius 2 is 1.85 bits per heavy atom. The van der Waals surface area contributed by atoms with Gasteiger partial charge in [-0.1, -0.05) is 25.7 Å². The number of carbonyl (C=O) groups excluding carboxylic acids is 1. The van der Waals surface area contributed by atoms with Gasteiger partial charge in [0.25, 0.3) is 0 Å². The molecule has 0 aliphatic heterocycles. The van der Waals surface area contributed by atoms with E-state index in [1.165, 1.54) is 25.7 Å². The second kappa shape index (κ2) is 7.66. The van der Waals surface area contributed by atoms with E-state index in [0.29, 0.717) is 11.3 Å². The quantitative estimate of drug-likeness (QED) is 0.856. The van der Waals surface area contributed by atoms with E-state index in [1.807, 2.05) is 6.07 Å². The van der Waals surface area contributed by atoms with Crippen molar-refractivity contribution < 1.29 is 9.53 Å². The van der Waals surface area contributed by atoms with Crippen molar-refractivity contribution in [3.8, 4) is 6.07 Å². The first-order chi connectivity index (χ1) is 9.78. The summed E-state index contributed by atoms with van der Waals surface area (Å²) in [7, 11) is 0. The van der Waals surface area contributed by atoms with Gasteiger partial charge in [-0.15, -0.1) is 0 Å². The van der Waals surface area contributed by atoms with Crippen molar-refractivity contribution in [2.45, 2.75) is 44.6 Å². The molecule has 20 heavy (non-hydrogen) atoms. The summed E-state index contributed by atoms with van der Waals surface area (Å²) in [5.41, 5.74) is 1.27. The fourth-order valence-electron chi connectivity index (χ4n) is 2.43. The van der Waals surface area contributed by atoms with E-state index in [2.05, 4.69) is 5.32 Å². The van der Waals surface area contributed by atoms with Crippen LogP contribution >= 0.6 is 0 Å². The van der Waals surface area contributed by atoms with Crippen LogP contribution in [0, 0.1) is 11.3 Å². The number of carbonyl (C=O) groups is 1. The van der Waals surface area contributed by atoms with Gasteiger partial charge >= 0.3 is 0 Å². The molecule has 1 aromatic rings. The zero-order valence-corrected chi connectivity index (χ0v) is 11.6. The molecule has 106 valence electrons. The maximum absolute atomic E-state index is 11.8. The van der Waals surface area contributed by atoms with Crippen molar-refractivity contribution in [1.29, 1.82) is 5.26 Å². The molecule has 1 aromatic carbocycles. The monoisotopic (exact) mass is 272 g/mol. The first kappa shape index (κ1) is 14.5. The zero-order chi connectivity index (χ0) is 14.2. The van der Waals surface area contributed by atoms with Crippen molar-refractivity contribution in [1.82, 2.24) is 0 Å². The van der Waals surface area contributed by atoms with Crippen molar-refractivity contribution >= 4 is 11.6 Å². The number of amides is 1. The van der Waals surface area contributed by atoms with Crippen LogP contribution in [-0.2, 0) is 9.53 Å². The van der Waals surface area contributed by atoms with Crippen LogP contribution in [0.25, 0.3) is 0 Å². The first-order valence-electron chi connectivity index (χ1n) is 7.19. The highest BCUT2D eigenvalue weighted by molar-refractivity contribution is 5.91. The maximum atomic E-state index is 11.8. The lowest BCUT2D eigenvalue weighted by molar-refractivity contribution is -0.122. The molecule has 0 spiro atoms. The molecule has 1 N–H and O–H groups in total. The molecule has 2 rings (SSSR count). The molecule has 1 saturated carbocycles. The van der Waals surface area contributed by atoms with Crippen molar-refractivity contribution in [3.05, 3.63) is 29.8 Å². The van der Waals surface area contributed by atoms with Crippen LogP contribution in [0.3, 0.4) is 0 Å². The molecule has 1 fully saturated rings. The Morgan fingerprint density at radius 1 is 1.20 bits per heavy atom. The first-order valence-corrected chi connectivity index (χ1v) is 7.19. The second-order valence-electron chi connectivity index (χ2n) is 5.16. The average molecular weight is 272 g/mol. The van der Waals surface area contributed by atoms with Crippen LogP contribution < -0.4 is 5.32 Å². The van der Waals surface area contributed by atoms with Crippen molar-refractivity contribution in [2.24, 2.45) is 0 Å². The van der Waals surface area contributed by atoms with Crippen LogP contribution in [0.2, 0.25) is 0 Å². The average Bonchev–Trinajstić information content (AvgIpc) is 2.74. The van der Waals surface area contributed by atoms with E-state index < -0.39 is 0 Å². The number of nitriles is 1. The second-order valence-corrected chi connectivity index (χ2v) is 5.16. The lowest BCUT2D eigenvalue weighted by Gasteiger charge is -2.15. The third-order valence-electron chi connectivity index (χ3n) is 3.55. The Bertz CT molecular complexity index is 468. The third-order valence-corrected chi connectivity index (χ3v) is 3.55. The summed E-state index contributed by atoms with van der Waals surface area (Å²) in [4.78, 5) is 11.8. The highest BCUT2D eigenvalue weighted by Crippen LogP contribution is 2.19. The summed E-state index contributed by atoms with van der Waals surface area (Å²) >= 11 is 0. The third kappa shape index (κ3) is 4.67. The molecule has 0 aromatic heterocycles. The number of benzene rings is 1. The molecule has 0 heterocycles. The standard InChI is InChI=1S/C16H20N2O2/c17-11-13-7-9-14(10-8-13)18-16(19)12-20-15-5-3-1-2-4-6-15/h7-10,15H,1-6,12H2,(H,18,19). The van der Waals surface area contributed by atoms with Gasteiger partial charge in [0.05, 0.1) is 17.7 Å². The fourth-order valence-corrected chi connectivity index (χ4v) is 2.43. The summed E-state index contributed by atoms with van der Waals surface area (Å²) in [6, 6.07) is 8.86. The predicted molar refractivity (Wildman–Crippen MR) is 77.2 cm³/mol. The SMILES string of the molecule is N#Cc1ccc(NC(=O)COC2CCCCCC2)cc1. The highest BCUT2D eigenvalue weighted by Gasteiger charge is 2.14. The Kier molecular flexibility index (Phi) is 5.57. The van der Waals surface area contributed by atoms with Crippen LogP contribution in [0.5, 0.6) is 0 Å². The number of ether oxygens (including phenoxy) is 1. The van der Waals surface area contributed by atoms with Gasteiger partial charge in [0.1, 0.15) is 6.61 Å². The van der Waals surface area contributed by atoms with Crippen LogP contribution in [-0.4, -0.2) is 18.6 Å². The topological polar surface area (TPSA) is 62.1 Å². The van der Waals surface area contributed by atoms with E-state index in [9.17, 15) is 4.79 Å². The Hall–Kier alpha value is -1.86. The van der Waals surface area contributed by atoms with Gasteiger partial charge in [-0.2, -0.15) is 5.26 Å². The van der Waals surface area contributed by atoms with E-state index in [0.717, 1.165) is 12.8 Å². The number of nitrogens with zero attached hydrogens (tertiary/aromatic N) is 1. The lowest BCUT2D eigenvalue weighted by atomic mass is 10.1. The Balaban J connectivity index is 1.75. The zero-order valence-electron chi connectivity index (χ0n) is 11.6. The van der Waals surface area contributed by atoms with Gasteiger partial charge < -0.3 is 10.1 Å². The normalized spacial score (nSPS) is 16.1. The van der Waals surface area contributed by atoms with E-state index in [1.54, 1.807) is 24.3 Å². The summed E-state index contributed by atoms with van der Waals surface area (Å²) in [6.07, 6.45) is 7.29. The lowest BCUT2D eigenvalue weighted by Crippen LogP contribution is -2.23. The molecule has 0 radical (unpaired) electrons. The molecule has 1 aliphatic rings. The number of anilines is 1. The largest absolute Gasteiger partial charge is 0.368 e. The molecule has 0 atom stereocenters. The Morgan fingerprint density at radius 3 is 2.45 bits per heavy atom. The van der Waals surface area contributed by atoms with E-state index >= 15 is 0 Å². The number of rotatable bonds is 4. The van der Waals surface area contributed by atoms with E-state index in [-0.39, 0.29) is 18.6 Å². The minimum atomic E-state index is -0.140. The van der Waals surface area contributed by atoms with Crippen molar-refractivity contribution in [2.75, 3.05) is 11.9 Å². The summed E-state index contributed by atoms with van der Waals surface area (Å²) in [6.45, 7) is 0.102. The summed E-state index contributed by atoms with van der Waals surface area (Å²) < 4.78 is 5.68. The summed E-state index contributed by atoms with van der Waals surface area (Å²) in [5, 5.41) is 11.5. The minimum absolute atomic E-state index is 0.102. The number of hydrogen-bond donors (Lipinski definition) is 1. The van der Waals surface area contributed by atoms with Crippen LogP contribution in [0.15, 0.2) is 24.3 Å². The van der Waals surface area contributed by atoms with Crippen LogP contribution in [0.1, 0.15) is 44.1 Å². The van der Waals surface area contributed by atoms with Crippen molar-refractivity contribution in [3.63, 3.8) is 0 Å². The van der Waals surface area contributed by atoms with Gasteiger partial charge in [-0.3, -0.25) is 4.79 Å². The molecule has 1 aliphatic carbocycles. The maximum Gasteiger partial charge on any atom is 0.250 e. The number of hydrogen-bond acceptors (Lipinski definition) is 3. The molecule has 4 nitrogen and oxygen atoms in total. The van der Waals surface area contributed by atoms with Gasteiger partial charge in [0, 0.05) is 5.69 Å². The molecular formula is C16H20N2O2. The smallest absolute Gasteiger partial charge is 0.250 e. The Labute approximate surface area is 119 Å². The molecule has 0 bridgehead atoms. The molecular weight excluding hydrogens is 252 g/mol. The highest BCUT2D eigenvalue weighted by atomic mass is 16.5. The molecule has 4 heteroatoms. The van der Waals surface area contributed by atoms with Gasteiger partial charge in [0.2, 0.25) is 5.91 Å². The van der Waals surface area contributed by atoms with Crippen LogP contribution in [0.4, 0.5) is 5.69 Å².